The fraction of sp³-hybridized carbons (Fsp3) is 0.364. The molecule has 1 aromatic carbocycles. The second-order valence-electron chi connectivity index (χ2n) is 3.77. The van der Waals surface area contributed by atoms with E-state index in [4.69, 9.17) is 12.2 Å². The Morgan fingerprint density at radius 3 is 2.33 bits per heavy atom. The third-order valence-electron chi connectivity index (χ3n) is 1.82. The first-order chi connectivity index (χ1) is 5.64. The van der Waals surface area contributed by atoms with Crippen LogP contribution in [0.2, 0.25) is 0 Å². The smallest absolute Gasteiger partial charge is 0.00299 e. The number of rotatable bonds is 3. The molecular weight excluding hydrogens is 164 g/mol. The van der Waals surface area contributed by atoms with Crippen LogP contribution < -0.4 is 0 Å². The Morgan fingerprint density at radius 1 is 1.25 bits per heavy atom. The number of thiocarbonyl (C=S) groups is 1. The Hall–Kier alpha value is -0.690. The molecule has 0 saturated carbocycles. The molecule has 0 nitrogen and oxygen atoms in total. The van der Waals surface area contributed by atoms with Crippen LogP contribution in [0.3, 0.4) is 0 Å². The molecule has 0 heterocycles. The lowest BCUT2D eigenvalue weighted by Gasteiger charge is -2.18. The standard InChI is InChI=1S/C11H14S/c1-11(2,9-12)8-10-6-4-3-5-7-10/h3-7,9H,8H2,1-2H3. The van der Waals surface area contributed by atoms with E-state index in [1.54, 1.807) is 0 Å². The third kappa shape index (κ3) is 2.74. The van der Waals surface area contributed by atoms with Gasteiger partial charge in [0.2, 0.25) is 0 Å². The third-order valence-corrected chi connectivity index (χ3v) is 2.46. The van der Waals surface area contributed by atoms with Crippen molar-refractivity contribution in [3.8, 4) is 0 Å². The zero-order chi connectivity index (χ0) is 9.03. The molecule has 0 fully saturated rings. The molecule has 0 aliphatic carbocycles. The van der Waals surface area contributed by atoms with Gasteiger partial charge in [0.1, 0.15) is 0 Å². The van der Waals surface area contributed by atoms with Gasteiger partial charge in [0, 0.05) is 0 Å². The van der Waals surface area contributed by atoms with Crippen molar-refractivity contribution in [2.45, 2.75) is 20.3 Å². The van der Waals surface area contributed by atoms with Crippen molar-refractivity contribution >= 4 is 17.6 Å². The molecular formula is C11H14S. The van der Waals surface area contributed by atoms with Gasteiger partial charge in [0.25, 0.3) is 0 Å². The summed E-state index contributed by atoms with van der Waals surface area (Å²) in [6.07, 6.45) is 1.03. The Bertz CT molecular complexity index is 249. The molecule has 0 aliphatic heterocycles. The van der Waals surface area contributed by atoms with Crippen LogP contribution in [0.15, 0.2) is 30.3 Å². The first-order valence-electron chi connectivity index (χ1n) is 4.14. The Balaban J connectivity index is 2.70. The van der Waals surface area contributed by atoms with E-state index in [1.807, 2.05) is 11.4 Å². The molecule has 0 atom stereocenters. The van der Waals surface area contributed by atoms with Crippen LogP contribution in [-0.4, -0.2) is 5.37 Å². The second-order valence-corrected chi connectivity index (χ2v) is 4.00. The Labute approximate surface area is 79.6 Å². The van der Waals surface area contributed by atoms with Gasteiger partial charge in [-0.2, -0.15) is 0 Å². The molecule has 1 rings (SSSR count). The van der Waals surface area contributed by atoms with Crippen molar-refractivity contribution in [1.29, 1.82) is 0 Å². The normalized spacial score (nSPS) is 11.2. The Morgan fingerprint density at radius 2 is 1.83 bits per heavy atom. The topological polar surface area (TPSA) is 0 Å². The quantitative estimate of drug-likeness (QED) is 0.640. The van der Waals surface area contributed by atoms with E-state index in [2.05, 4.69) is 38.1 Å². The molecule has 64 valence electrons. The highest BCUT2D eigenvalue weighted by atomic mass is 32.1. The molecule has 0 N–H and O–H groups in total. The van der Waals surface area contributed by atoms with Gasteiger partial charge in [0.15, 0.2) is 0 Å². The van der Waals surface area contributed by atoms with Crippen LogP contribution in [0.1, 0.15) is 19.4 Å². The van der Waals surface area contributed by atoms with E-state index >= 15 is 0 Å². The average Bonchev–Trinajstić information content (AvgIpc) is 2.06. The largest absolute Gasteiger partial charge is 0.0929 e. The predicted molar refractivity (Wildman–Crippen MR) is 57.6 cm³/mol. The van der Waals surface area contributed by atoms with Crippen molar-refractivity contribution in [2.24, 2.45) is 5.41 Å². The molecule has 0 aromatic heterocycles. The highest BCUT2D eigenvalue weighted by molar-refractivity contribution is 7.79. The lowest BCUT2D eigenvalue weighted by Crippen LogP contribution is -2.15. The van der Waals surface area contributed by atoms with Crippen LogP contribution in [0.25, 0.3) is 0 Å². The molecule has 0 radical (unpaired) electrons. The molecule has 0 unspecified atom stereocenters. The minimum atomic E-state index is 0.136. The van der Waals surface area contributed by atoms with E-state index < -0.39 is 0 Å². The highest BCUT2D eigenvalue weighted by Crippen LogP contribution is 2.18. The predicted octanol–water partition coefficient (Wildman–Crippen LogP) is 3.26. The molecule has 1 aromatic rings. The Kier molecular flexibility index (Phi) is 2.99. The van der Waals surface area contributed by atoms with Crippen LogP contribution in [0.4, 0.5) is 0 Å². The average molecular weight is 178 g/mol. The van der Waals surface area contributed by atoms with Crippen LogP contribution in [0, 0.1) is 5.41 Å². The number of benzene rings is 1. The lowest BCUT2D eigenvalue weighted by molar-refractivity contribution is 0.540. The lowest BCUT2D eigenvalue weighted by atomic mass is 9.88. The zero-order valence-corrected chi connectivity index (χ0v) is 8.40. The van der Waals surface area contributed by atoms with Gasteiger partial charge in [-0.1, -0.05) is 56.4 Å². The monoisotopic (exact) mass is 178 g/mol. The number of hydrogen-bond acceptors (Lipinski definition) is 1. The summed E-state index contributed by atoms with van der Waals surface area (Å²) in [7, 11) is 0. The van der Waals surface area contributed by atoms with E-state index in [0.29, 0.717) is 0 Å². The molecule has 0 amide bonds. The van der Waals surface area contributed by atoms with Gasteiger partial charge >= 0.3 is 0 Å². The van der Waals surface area contributed by atoms with Crippen molar-refractivity contribution in [3.63, 3.8) is 0 Å². The molecule has 12 heavy (non-hydrogen) atoms. The van der Waals surface area contributed by atoms with Gasteiger partial charge in [-0.15, -0.1) is 0 Å². The summed E-state index contributed by atoms with van der Waals surface area (Å²) >= 11 is 4.96. The van der Waals surface area contributed by atoms with E-state index in [1.165, 1.54) is 5.56 Å². The first kappa shape index (κ1) is 9.40. The second kappa shape index (κ2) is 3.81. The van der Waals surface area contributed by atoms with Gasteiger partial charge in [-0.3, -0.25) is 0 Å². The summed E-state index contributed by atoms with van der Waals surface area (Å²) in [6.45, 7) is 4.32. The van der Waals surface area contributed by atoms with Gasteiger partial charge < -0.3 is 0 Å². The summed E-state index contributed by atoms with van der Waals surface area (Å²) in [4.78, 5) is 0. The van der Waals surface area contributed by atoms with Crippen molar-refractivity contribution in [1.82, 2.24) is 0 Å². The molecule has 1 heteroatoms. The van der Waals surface area contributed by atoms with Crippen molar-refractivity contribution in [3.05, 3.63) is 35.9 Å². The molecule has 0 bridgehead atoms. The van der Waals surface area contributed by atoms with Gasteiger partial charge in [-0.05, 0) is 22.8 Å². The fourth-order valence-corrected chi connectivity index (χ4v) is 1.25. The summed E-state index contributed by atoms with van der Waals surface area (Å²) < 4.78 is 0. The summed E-state index contributed by atoms with van der Waals surface area (Å²) in [6, 6.07) is 10.4. The highest BCUT2D eigenvalue weighted by Gasteiger charge is 2.13. The van der Waals surface area contributed by atoms with Gasteiger partial charge in [0.05, 0.1) is 0 Å². The first-order valence-corrected chi connectivity index (χ1v) is 4.61. The molecule has 0 saturated heterocycles. The SMILES string of the molecule is CC(C)(C=S)Cc1ccccc1. The molecule has 0 spiro atoms. The summed E-state index contributed by atoms with van der Waals surface area (Å²) in [5.41, 5.74) is 1.49. The van der Waals surface area contributed by atoms with E-state index in [0.717, 1.165) is 6.42 Å². The zero-order valence-electron chi connectivity index (χ0n) is 7.58. The fourth-order valence-electron chi connectivity index (χ4n) is 1.16. The van der Waals surface area contributed by atoms with Crippen LogP contribution in [0.5, 0.6) is 0 Å². The summed E-state index contributed by atoms with van der Waals surface area (Å²) in [5.74, 6) is 0. The summed E-state index contributed by atoms with van der Waals surface area (Å²) in [5, 5.41) is 1.85. The maximum atomic E-state index is 4.96. The van der Waals surface area contributed by atoms with E-state index in [9.17, 15) is 0 Å². The van der Waals surface area contributed by atoms with Crippen molar-refractivity contribution < 1.29 is 0 Å². The van der Waals surface area contributed by atoms with E-state index in [-0.39, 0.29) is 5.41 Å². The maximum Gasteiger partial charge on any atom is -0.00299 e. The number of hydrogen-bond donors (Lipinski definition) is 0. The van der Waals surface area contributed by atoms with Gasteiger partial charge in [-0.25, -0.2) is 0 Å². The molecule has 0 aliphatic rings. The van der Waals surface area contributed by atoms with Crippen LogP contribution >= 0.6 is 12.2 Å². The van der Waals surface area contributed by atoms with Crippen LogP contribution in [-0.2, 0) is 6.42 Å². The maximum absolute atomic E-state index is 4.96. The minimum absolute atomic E-state index is 0.136. The van der Waals surface area contributed by atoms with Crippen molar-refractivity contribution in [2.75, 3.05) is 0 Å². The minimum Gasteiger partial charge on any atom is -0.0929 e.